The van der Waals surface area contributed by atoms with E-state index in [2.05, 4.69) is 4.72 Å². The third-order valence-electron chi connectivity index (χ3n) is 2.76. The summed E-state index contributed by atoms with van der Waals surface area (Å²) in [6, 6.07) is 0.249. The lowest BCUT2D eigenvalue weighted by Gasteiger charge is -2.21. The molecule has 0 radical (unpaired) electrons. The van der Waals surface area contributed by atoms with Crippen LogP contribution in [-0.2, 0) is 10.2 Å². The molecule has 0 heterocycles. The Bertz CT molecular complexity index is 373. The Hall–Kier alpha value is -0.660. The molecule has 0 atom stereocenters. The molecule has 6 nitrogen and oxygen atoms in total. The maximum atomic E-state index is 12.0. The van der Waals surface area contributed by atoms with Gasteiger partial charge >= 0.3 is 0 Å². The Morgan fingerprint density at radius 2 is 2.00 bits per heavy atom. The summed E-state index contributed by atoms with van der Waals surface area (Å²) >= 11 is 0. The minimum absolute atomic E-state index is 0.0345. The van der Waals surface area contributed by atoms with Gasteiger partial charge in [-0.2, -0.15) is 17.4 Å². The first-order valence-corrected chi connectivity index (χ1v) is 7.05. The van der Waals surface area contributed by atoms with E-state index in [0.717, 1.165) is 25.7 Å². The van der Waals surface area contributed by atoms with Gasteiger partial charge in [0.25, 0.3) is 10.2 Å². The lowest BCUT2D eigenvalue weighted by atomic mass is 10.4. The standard InChI is InChI=1S/C9H18N4O2S/c10-9(11)5-6-13(8-3-4-8)16(14,15)12-7-1-2-7/h7-8,12H,1-6H2,(H3,10,11). The molecule has 7 heteroatoms. The van der Waals surface area contributed by atoms with Gasteiger partial charge in [0.15, 0.2) is 0 Å². The highest BCUT2D eigenvalue weighted by Gasteiger charge is 2.39. The second kappa shape index (κ2) is 4.31. The van der Waals surface area contributed by atoms with Gasteiger partial charge in [-0.1, -0.05) is 0 Å². The monoisotopic (exact) mass is 246 g/mol. The van der Waals surface area contributed by atoms with Crippen molar-refractivity contribution in [3.05, 3.63) is 0 Å². The molecule has 0 aliphatic heterocycles. The van der Waals surface area contributed by atoms with E-state index >= 15 is 0 Å². The van der Waals surface area contributed by atoms with Crippen molar-refractivity contribution in [1.82, 2.24) is 9.03 Å². The fourth-order valence-electron chi connectivity index (χ4n) is 1.57. The van der Waals surface area contributed by atoms with E-state index in [-0.39, 0.29) is 17.9 Å². The first-order valence-electron chi connectivity index (χ1n) is 5.61. The Balaban J connectivity index is 1.96. The second-order valence-corrected chi connectivity index (χ2v) is 6.17. The van der Waals surface area contributed by atoms with Crippen LogP contribution in [0.3, 0.4) is 0 Å². The molecular weight excluding hydrogens is 228 g/mol. The van der Waals surface area contributed by atoms with Gasteiger partial charge < -0.3 is 5.73 Å². The van der Waals surface area contributed by atoms with E-state index < -0.39 is 10.2 Å². The summed E-state index contributed by atoms with van der Waals surface area (Å²) in [5.74, 6) is 0.0345. The minimum Gasteiger partial charge on any atom is -0.388 e. The van der Waals surface area contributed by atoms with Gasteiger partial charge in [-0.3, -0.25) is 5.41 Å². The van der Waals surface area contributed by atoms with E-state index in [1.807, 2.05) is 0 Å². The van der Waals surface area contributed by atoms with E-state index in [0.29, 0.717) is 13.0 Å². The summed E-state index contributed by atoms with van der Waals surface area (Å²) in [6.45, 7) is 0.321. The highest BCUT2D eigenvalue weighted by molar-refractivity contribution is 7.87. The van der Waals surface area contributed by atoms with Crippen molar-refractivity contribution in [2.24, 2.45) is 5.73 Å². The van der Waals surface area contributed by atoms with Crippen LogP contribution >= 0.6 is 0 Å². The molecule has 92 valence electrons. The first kappa shape index (κ1) is 11.8. The van der Waals surface area contributed by atoms with Crippen molar-refractivity contribution in [3.8, 4) is 0 Å². The molecule has 2 rings (SSSR count). The minimum atomic E-state index is -3.36. The number of nitrogens with two attached hydrogens (primary N) is 1. The van der Waals surface area contributed by atoms with Crippen LogP contribution in [0.2, 0.25) is 0 Å². The average molecular weight is 246 g/mol. The normalized spacial score (nSPS) is 21.3. The van der Waals surface area contributed by atoms with Crippen LogP contribution in [0.5, 0.6) is 0 Å². The van der Waals surface area contributed by atoms with E-state index in [9.17, 15) is 8.42 Å². The summed E-state index contributed by atoms with van der Waals surface area (Å²) in [6.07, 6.45) is 4.02. The fraction of sp³-hybridized carbons (Fsp3) is 0.889. The zero-order valence-electron chi connectivity index (χ0n) is 9.15. The zero-order valence-corrected chi connectivity index (χ0v) is 9.96. The lowest BCUT2D eigenvalue weighted by Crippen LogP contribution is -2.44. The van der Waals surface area contributed by atoms with Crippen LogP contribution in [0.15, 0.2) is 0 Å². The molecule has 2 saturated carbocycles. The third kappa shape index (κ3) is 3.16. The lowest BCUT2D eigenvalue weighted by molar-refractivity contribution is 0.403. The summed E-state index contributed by atoms with van der Waals surface area (Å²) < 4.78 is 28.1. The van der Waals surface area contributed by atoms with Crippen molar-refractivity contribution in [1.29, 1.82) is 5.41 Å². The largest absolute Gasteiger partial charge is 0.388 e. The predicted molar refractivity (Wildman–Crippen MR) is 61.3 cm³/mol. The molecule has 2 fully saturated rings. The number of hydrogen-bond donors (Lipinski definition) is 3. The number of nitrogens with zero attached hydrogens (tertiary/aromatic N) is 1. The van der Waals surface area contributed by atoms with Gasteiger partial charge in [0.2, 0.25) is 0 Å². The summed E-state index contributed by atoms with van der Waals surface area (Å²) in [5.41, 5.74) is 5.26. The number of hydrogen-bond acceptors (Lipinski definition) is 3. The molecule has 0 amide bonds. The summed E-state index contributed by atoms with van der Waals surface area (Å²) in [5, 5.41) is 7.14. The smallest absolute Gasteiger partial charge is 0.279 e. The molecule has 0 bridgehead atoms. The van der Waals surface area contributed by atoms with Crippen LogP contribution < -0.4 is 10.5 Å². The third-order valence-corrected chi connectivity index (χ3v) is 4.49. The molecule has 2 aliphatic rings. The van der Waals surface area contributed by atoms with Crippen molar-refractivity contribution in [3.63, 3.8) is 0 Å². The van der Waals surface area contributed by atoms with Gasteiger partial charge in [0, 0.05) is 25.0 Å². The molecule has 2 aliphatic carbocycles. The second-order valence-electron chi connectivity index (χ2n) is 4.51. The van der Waals surface area contributed by atoms with Crippen LogP contribution in [0, 0.1) is 5.41 Å². The molecule has 4 N–H and O–H groups in total. The van der Waals surface area contributed by atoms with E-state index in [1.165, 1.54) is 4.31 Å². The van der Waals surface area contributed by atoms with Crippen molar-refractivity contribution >= 4 is 16.0 Å². The first-order chi connectivity index (χ1) is 7.49. The Labute approximate surface area is 95.9 Å². The fourth-order valence-corrected chi connectivity index (χ4v) is 3.30. The van der Waals surface area contributed by atoms with Crippen LogP contribution in [0.1, 0.15) is 32.1 Å². The molecule has 0 spiro atoms. The highest BCUT2D eigenvalue weighted by atomic mass is 32.2. The summed E-state index contributed by atoms with van der Waals surface area (Å²) in [4.78, 5) is 0. The molecule has 0 saturated heterocycles. The molecule has 0 aromatic carbocycles. The van der Waals surface area contributed by atoms with Gasteiger partial charge in [0.1, 0.15) is 0 Å². The van der Waals surface area contributed by atoms with Crippen molar-refractivity contribution in [2.45, 2.75) is 44.2 Å². The maximum absolute atomic E-state index is 12.0. The SMILES string of the molecule is N=C(N)CCN(C1CC1)S(=O)(=O)NC1CC1. The van der Waals surface area contributed by atoms with Crippen molar-refractivity contribution < 1.29 is 8.42 Å². The number of nitrogens with one attached hydrogen (secondary N) is 2. The predicted octanol–water partition coefficient (Wildman–Crippen LogP) is -0.226. The topological polar surface area (TPSA) is 99.3 Å². The Morgan fingerprint density at radius 1 is 1.38 bits per heavy atom. The van der Waals surface area contributed by atoms with Gasteiger partial charge in [-0.25, -0.2) is 0 Å². The van der Waals surface area contributed by atoms with E-state index in [1.54, 1.807) is 0 Å². The molecular formula is C9H18N4O2S. The molecule has 0 aromatic heterocycles. The van der Waals surface area contributed by atoms with Crippen LogP contribution in [-0.4, -0.2) is 37.2 Å². The van der Waals surface area contributed by atoms with Crippen LogP contribution in [0.4, 0.5) is 0 Å². The van der Waals surface area contributed by atoms with Gasteiger partial charge in [-0.05, 0) is 25.7 Å². The van der Waals surface area contributed by atoms with Crippen molar-refractivity contribution in [2.75, 3.05) is 6.54 Å². The van der Waals surface area contributed by atoms with Gasteiger partial charge in [0.05, 0.1) is 5.84 Å². The average Bonchev–Trinajstić information content (AvgIpc) is 2.95. The quantitative estimate of drug-likeness (QED) is 0.427. The van der Waals surface area contributed by atoms with Gasteiger partial charge in [-0.15, -0.1) is 0 Å². The molecule has 16 heavy (non-hydrogen) atoms. The Kier molecular flexibility index (Phi) is 3.18. The highest BCUT2D eigenvalue weighted by Crippen LogP contribution is 2.30. The number of amidine groups is 1. The van der Waals surface area contributed by atoms with Crippen LogP contribution in [0.25, 0.3) is 0 Å². The molecule has 0 unspecified atom stereocenters. The Morgan fingerprint density at radius 3 is 2.44 bits per heavy atom. The zero-order chi connectivity index (χ0) is 11.8. The maximum Gasteiger partial charge on any atom is 0.279 e. The summed E-state index contributed by atoms with van der Waals surface area (Å²) in [7, 11) is -3.36. The molecule has 0 aromatic rings. The van der Waals surface area contributed by atoms with E-state index in [4.69, 9.17) is 11.1 Å². The number of rotatable bonds is 7.